The van der Waals surface area contributed by atoms with Crippen LogP contribution in [0.25, 0.3) is 28.3 Å². The van der Waals surface area contributed by atoms with Crippen molar-refractivity contribution >= 4 is 17.5 Å². The number of allylic oxidation sites excluding steroid dienone is 7. The molecule has 3 N–H and O–H groups in total. The fraction of sp³-hybridized carbons (Fsp3) is 0.167. The molecule has 0 spiro atoms. The fourth-order valence-electron chi connectivity index (χ4n) is 4.68. The van der Waals surface area contributed by atoms with Crippen molar-refractivity contribution in [2.45, 2.75) is 47.5 Å². The van der Waals surface area contributed by atoms with Crippen molar-refractivity contribution in [1.82, 2.24) is 0 Å². The lowest BCUT2D eigenvalue weighted by Crippen LogP contribution is -1.87. The highest BCUT2D eigenvalue weighted by Crippen LogP contribution is 2.26. The molecule has 0 fully saturated rings. The summed E-state index contributed by atoms with van der Waals surface area (Å²) in [6, 6.07) is 42.4. The van der Waals surface area contributed by atoms with Gasteiger partial charge in [0.25, 0.3) is 0 Å². The van der Waals surface area contributed by atoms with Crippen LogP contribution < -0.4 is 11.1 Å². The summed E-state index contributed by atoms with van der Waals surface area (Å²) in [5.74, 6) is 0. The van der Waals surface area contributed by atoms with Crippen molar-refractivity contribution < 1.29 is 0 Å². The predicted octanol–water partition coefficient (Wildman–Crippen LogP) is 13.5. The van der Waals surface area contributed by atoms with E-state index in [0.29, 0.717) is 0 Å². The van der Waals surface area contributed by atoms with E-state index in [1.807, 2.05) is 61.7 Å². The number of benzene rings is 5. The first-order chi connectivity index (χ1) is 24.2. The molecule has 0 aromatic heterocycles. The topological polar surface area (TPSA) is 38.0 Å². The molecule has 0 saturated heterocycles. The van der Waals surface area contributed by atoms with E-state index < -0.39 is 0 Å². The highest BCUT2D eigenvalue weighted by Gasteiger charge is 2.02. The lowest BCUT2D eigenvalue weighted by molar-refractivity contribution is 1.09. The Morgan fingerprint density at radius 2 is 1.08 bits per heavy atom. The molecule has 0 radical (unpaired) electrons. The van der Waals surface area contributed by atoms with Gasteiger partial charge in [-0.05, 0) is 78.8 Å². The Balaban J connectivity index is 0.000000288. The second kappa shape index (κ2) is 23.7. The Morgan fingerprint density at radius 1 is 0.620 bits per heavy atom. The van der Waals surface area contributed by atoms with Crippen LogP contribution in [0.2, 0.25) is 0 Å². The van der Waals surface area contributed by atoms with Crippen LogP contribution in [0.5, 0.6) is 0 Å². The monoisotopic (exact) mass is 660 g/mol. The number of nitrogens with one attached hydrogen (secondary N) is 1. The van der Waals surface area contributed by atoms with Crippen LogP contribution in [0.15, 0.2) is 177 Å². The normalized spacial score (nSPS) is 10.6. The molecular formula is C48H56N2. The molecule has 5 aromatic carbocycles. The number of nitrogens with two attached hydrogens (primary N) is 1. The molecule has 0 aliphatic rings. The van der Waals surface area contributed by atoms with E-state index in [1.165, 1.54) is 56.6 Å². The van der Waals surface area contributed by atoms with Crippen molar-refractivity contribution in [3.05, 3.63) is 199 Å². The second-order valence-electron chi connectivity index (χ2n) is 12.0. The van der Waals surface area contributed by atoms with Gasteiger partial charge in [-0.3, -0.25) is 0 Å². The minimum Gasteiger partial charge on any atom is -0.398 e. The van der Waals surface area contributed by atoms with E-state index in [0.717, 1.165) is 17.7 Å². The van der Waals surface area contributed by atoms with Crippen molar-refractivity contribution in [3.63, 3.8) is 0 Å². The number of nitrogen functional groups attached to an aromatic ring is 1. The summed E-state index contributed by atoms with van der Waals surface area (Å²) in [6.45, 7) is 17.9. The number of anilines is 2. The van der Waals surface area contributed by atoms with Gasteiger partial charge in [-0.2, -0.15) is 0 Å². The third-order valence-corrected chi connectivity index (χ3v) is 7.41. The van der Waals surface area contributed by atoms with Crippen LogP contribution in [0, 0.1) is 13.8 Å². The lowest BCUT2D eigenvalue weighted by Gasteiger charge is -2.07. The largest absolute Gasteiger partial charge is 0.398 e. The van der Waals surface area contributed by atoms with Crippen molar-refractivity contribution in [3.8, 4) is 22.3 Å². The molecule has 0 aliphatic heterocycles. The van der Waals surface area contributed by atoms with Crippen LogP contribution in [-0.2, 0) is 6.42 Å². The van der Waals surface area contributed by atoms with Crippen molar-refractivity contribution in [2.75, 3.05) is 18.1 Å². The summed E-state index contributed by atoms with van der Waals surface area (Å²) in [6.07, 6.45) is 15.6. The van der Waals surface area contributed by atoms with Gasteiger partial charge in [0.1, 0.15) is 0 Å². The number of para-hydroxylation sites is 1. The smallest absolute Gasteiger partial charge is 0.0387 e. The molecule has 0 amide bonds. The van der Waals surface area contributed by atoms with E-state index in [9.17, 15) is 0 Å². The Hall–Kier alpha value is -5.60. The van der Waals surface area contributed by atoms with Crippen molar-refractivity contribution in [1.29, 1.82) is 0 Å². The van der Waals surface area contributed by atoms with Crippen LogP contribution in [0.1, 0.15) is 49.4 Å². The Morgan fingerprint density at radius 3 is 1.54 bits per heavy atom. The quantitative estimate of drug-likeness (QED) is 0.122. The van der Waals surface area contributed by atoms with Gasteiger partial charge in [0.05, 0.1) is 0 Å². The first-order valence-corrected chi connectivity index (χ1v) is 17.3. The summed E-state index contributed by atoms with van der Waals surface area (Å²) in [5.41, 5.74) is 19.0. The van der Waals surface area contributed by atoms with Gasteiger partial charge in [-0.1, -0.05) is 196 Å². The predicted molar refractivity (Wildman–Crippen MR) is 226 cm³/mol. The SMILES string of the molecule is C=C/C=C(/C)Cc1ccc(-c2ccc(-c3ccc(C)cc3)cc2)cc1.C=C/C=C\C=C/c1ccccc1N.CCC.CNc1ccc(C)cc1. The van der Waals surface area contributed by atoms with Gasteiger partial charge in [-0.15, -0.1) is 0 Å². The zero-order chi connectivity index (χ0) is 36.6. The zero-order valence-electron chi connectivity index (χ0n) is 31.0. The summed E-state index contributed by atoms with van der Waals surface area (Å²) in [4.78, 5) is 0. The number of rotatable bonds is 9. The molecule has 5 aromatic rings. The van der Waals surface area contributed by atoms with Gasteiger partial charge in [0.2, 0.25) is 0 Å². The maximum Gasteiger partial charge on any atom is 0.0387 e. The van der Waals surface area contributed by atoms with E-state index in [2.05, 4.69) is 156 Å². The van der Waals surface area contributed by atoms with Gasteiger partial charge in [0, 0.05) is 18.4 Å². The Labute approximate surface area is 303 Å². The summed E-state index contributed by atoms with van der Waals surface area (Å²) in [7, 11) is 1.92. The van der Waals surface area contributed by atoms with Crippen LogP contribution in [0.3, 0.4) is 0 Å². The number of aryl methyl sites for hydroxylation is 2. The molecular weight excluding hydrogens is 605 g/mol. The van der Waals surface area contributed by atoms with Crippen molar-refractivity contribution in [2.24, 2.45) is 0 Å². The average molecular weight is 661 g/mol. The lowest BCUT2D eigenvalue weighted by atomic mass is 9.98. The Kier molecular flexibility index (Phi) is 19.2. The van der Waals surface area contributed by atoms with E-state index in [-0.39, 0.29) is 0 Å². The van der Waals surface area contributed by atoms with Gasteiger partial charge < -0.3 is 11.1 Å². The highest BCUT2D eigenvalue weighted by molar-refractivity contribution is 5.70. The maximum atomic E-state index is 5.74. The molecule has 2 heteroatoms. The van der Waals surface area contributed by atoms with Crippen LogP contribution in [-0.4, -0.2) is 7.05 Å². The van der Waals surface area contributed by atoms with E-state index in [4.69, 9.17) is 5.73 Å². The first-order valence-electron chi connectivity index (χ1n) is 17.3. The van der Waals surface area contributed by atoms with Gasteiger partial charge >= 0.3 is 0 Å². The molecule has 258 valence electrons. The van der Waals surface area contributed by atoms with Crippen LogP contribution in [0.4, 0.5) is 11.4 Å². The van der Waals surface area contributed by atoms with Crippen LogP contribution >= 0.6 is 0 Å². The minimum atomic E-state index is 0.797. The molecule has 0 unspecified atom stereocenters. The third-order valence-electron chi connectivity index (χ3n) is 7.41. The molecule has 0 heterocycles. The Bertz CT molecular complexity index is 1770. The summed E-state index contributed by atoms with van der Waals surface area (Å²) in [5, 5.41) is 3.05. The fourth-order valence-corrected chi connectivity index (χ4v) is 4.68. The summed E-state index contributed by atoms with van der Waals surface area (Å²) < 4.78 is 0. The standard InChI is InChI=1S/C25H24.C12H13N.C8H11N.C3H8/c1-4-5-20(3)18-21-8-12-23(13-9-21)25-16-14-24(15-17-25)22-10-6-19(2)7-11-22;1-2-3-4-5-8-11-9-6-7-10-12(11)13;1-7-3-5-8(9-2)6-4-7;1-3-2/h4-17H,1,18H2,2-3H3;2-10H,1,13H2;3-6,9H,1-2H3;3H2,1-2H3/b20-5-;4-3-,8-5-;;. The second-order valence-corrected chi connectivity index (χ2v) is 12.0. The van der Waals surface area contributed by atoms with E-state index >= 15 is 0 Å². The molecule has 2 nitrogen and oxygen atoms in total. The molecule has 50 heavy (non-hydrogen) atoms. The number of hydrogen-bond acceptors (Lipinski definition) is 2. The zero-order valence-corrected chi connectivity index (χ0v) is 31.0. The van der Waals surface area contributed by atoms with Gasteiger partial charge in [-0.25, -0.2) is 0 Å². The molecule has 0 saturated carbocycles. The highest BCUT2D eigenvalue weighted by atomic mass is 14.8. The maximum absolute atomic E-state index is 5.74. The molecule has 0 aliphatic carbocycles. The van der Waals surface area contributed by atoms with E-state index in [1.54, 1.807) is 6.08 Å². The summed E-state index contributed by atoms with van der Waals surface area (Å²) >= 11 is 0. The first kappa shape index (κ1) is 40.6. The van der Waals surface area contributed by atoms with Gasteiger partial charge in [0.15, 0.2) is 0 Å². The molecule has 0 atom stereocenters. The molecule has 5 rings (SSSR count). The number of hydrogen-bond donors (Lipinski definition) is 2. The minimum absolute atomic E-state index is 0.797. The average Bonchev–Trinajstić information content (AvgIpc) is 3.13. The third kappa shape index (κ3) is 15.5. The molecule has 0 bridgehead atoms.